The second kappa shape index (κ2) is 10.2. The van der Waals surface area contributed by atoms with Gasteiger partial charge in [-0.1, -0.05) is 18.2 Å². The normalized spacial score (nSPS) is 11.3. The van der Waals surface area contributed by atoms with Crippen LogP contribution in [0.2, 0.25) is 0 Å². The lowest BCUT2D eigenvalue weighted by atomic mass is 10.2. The van der Waals surface area contributed by atoms with Gasteiger partial charge in [-0.15, -0.1) is 0 Å². The summed E-state index contributed by atoms with van der Waals surface area (Å²) in [5.41, 5.74) is -1.10. The maximum absolute atomic E-state index is 13.4. The molecule has 3 aromatic rings. The van der Waals surface area contributed by atoms with Crippen molar-refractivity contribution in [1.29, 1.82) is 0 Å². The van der Waals surface area contributed by atoms with Gasteiger partial charge >= 0.3 is 6.18 Å². The van der Waals surface area contributed by atoms with Gasteiger partial charge < -0.3 is 15.4 Å². The lowest BCUT2D eigenvalue weighted by Crippen LogP contribution is -2.35. The van der Waals surface area contributed by atoms with E-state index in [1.54, 1.807) is 54.6 Å². The highest BCUT2D eigenvalue weighted by molar-refractivity contribution is 5.96. The number of nitrogens with zero attached hydrogens (tertiary/aromatic N) is 2. The highest BCUT2D eigenvalue weighted by Gasteiger charge is 2.39. The largest absolute Gasteiger partial charge is 0.491 e. The third-order valence-electron chi connectivity index (χ3n) is 4.43. The second-order valence-corrected chi connectivity index (χ2v) is 7.37. The van der Waals surface area contributed by atoms with Gasteiger partial charge in [0.1, 0.15) is 5.75 Å². The Balaban J connectivity index is 1.58. The molecule has 2 amide bonds. The molecule has 1 aromatic heterocycles. The molecule has 0 saturated carbocycles. The van der Waals surface area contributed by atoms with E-state index in [4.69, 9.17) is 4.74 Å². The average Bonchev–Trinajstić information content (AvgIpc) is 3.23. The minimum atomic E-state index is -4.80. The molecule has 0 bridgehead atoms. The number of rotatable bonds is 8. The van der Waals surface area contributed by atoms with Crippen LogP contribution in [0.5, 0.6) is 5.75 Å². The minimum Gasteiger partial charge on any atom is -0.491 e. The number of halogens is 3. The summed E-state index contributed by atoms with van der Waals surface area (Å²) in [6.45, 7) is 3.74. The Bertz CT molecular complexity index is 1090. The van der Waals surface area contributed by atoms with Crippen LogP contribution in [-0.2, 0) is 6.18 Å². The molecule has 0 radical (unpaired) electrons. The van der Waals surface area contributed by atoms with Crippen molar-refractivity contribution in [3.8, 4) is 11.4 Å². The van der Waals surface area contributed by atoms with Crippen molar-refractivity contribution in [2.24, 2.45) is 0 Å². The van der Waals surface area contributed by atoms with Gasteiger partial charge in [-0.05, 0) is 50.2 Å². The van der Waals surface area contributed by atoms with Crippen LogP contribution < -0.4 is 15.4 Å². The fourth-order valence-corrected chi connectivity index (χ4v) is 2.97. The van der Waals surface area contributed by atoms with Gasteiger partial charge in [0.25, 0.3) is 11.8 Å². The molecule has 0 saturated heterocycles. The van der Waals surface area contributed by atoms with Crippen molar-refractivity contribution in [2.75, 3.05) is 13.1 Å². The summed E-state index contributed by atoms with van der Waals surface area (Å²) in [7, 11) is 0. The molecule has 0 aliphatic rings. The SMILES string of the molecule is CC(C)Oc1ccc(C(=O)NCCNC(=O)c2cn(-c3ccccc3)nc2C(F)(F)F)cc1. The Morgan fingerprint density at radius 3 is 2.15 bits per heavy atom. The van der Waals surface area contributed by atoms with E-state index in [1.165, 1.54) is 0 Å². The average molecular weight is 460 g/mol. The summed E-state index contributed by atoms with van der Waals surface area (Å²) in [5.74, 6) is -0.688. The standard InChI is InChI=1S/C23H23F3N4O3/c1-15(2)33-18-10-8-16(9-11-18)21(31)27-12-13-28-22(32)19-14-30(17-6-4-3-5-7-17)29-20(19)23(24,25)26/h3-11,14-15H,12-13H2,1-2H3,(H,27,31)(H,28,32). The summed E-state index contributed by atoms with van der Waals surface area (Å²) >= 11 is 0. The molecule has 33 heavy (non-hydrogen) atoms. The maximum atomic E-state index is 13.4. The van der Waals surface area contributed by atoms with Crippen LogP contribution >= 0.6 is 0 Å². The van der Waals surface area contributed by atoms with E-state index >= 15 is 0 Å². The molecule has 174 valence electrons. The summed E-state index contributed by atoms with van der Waals surface area (Å²) in [6.07, 6.45) is -3.76. The number of ether oxygens (including phenoxy) is 1. The zero-order valence-electron chi connectivity index (χ0n) is 18.0. The molecule has 2 N–H and O–H groups in total. The first kappa shape index (κ1) is 23.8. The van der Waals surface area contributed by atoms with Crippen molar-refractivity contribution in [3.63, 3.8) is 0 Å². The Hall–Kier alpha value is -3.82. The number of nitrogens with one attached hydrogen (secondary N) is 2. The Morgan fingerprint density at radius 1 is 0.970 bits per heavy atom. The van der Waals surface area contributed by atoms with Crippen LogP contribution in [0.25, 0.3) is 5.69 Å². The van der Waals surface area contributed by atoms with Crippen LogP contribution in [0.15, 0.2) is 60.8 Å². The van der Waals surface area contributed by atoms with E-state index in [1.807, 2.05) is 13.8 Å². The Labute approximate surface area is 188 Å². The van der Waals surface area contributed by atoms with Crippen molar-refractivity contribution < 1.29 is 27.5 Å². The van der Waals surface area contributed by atoms with Crippen molar-refractivity contribution in [1.82, 2.24) is 20.4 Å². The highest BCUT2D eigenvalue weighted by atomic mass is 19.4. The monoisotopic (exact) mass is 460 g/mol. The Kier molecular flexibility index (Phi) is 7.37. The van der Waals surface area contributed by atoms with Crippen LogP contribution in [0.3, 0.4) is 0 Å². The quantitative estimate of drug-likeness (QED) is 0.501. The van der Waals surface area contributed by atoms with Crippen molar-refractivity contribution >= 4 is 11.8 Å². The third kappa shape index (κ3) is 6.34. The number of carbonyl (C=O) groups excluding carboxylic acids is 2. The number of aromatic nitrogens is 2. The summed E-state index contributed by atoms with van der Waals surface area (Å²) in [4.78, 5) is 24.6. The molecule has 0 aliphatic carbocycles. The first-order valence-electron chi connectivity index (χ1n) is 10.2. The zero-order valence-corrected chi connectivity index (χ0v) is 18.0. The molecule has 0 fully saturated rings. The molecule has 10 heteroatoms. The van der Waals surface area contributed by atoms with E-state index in [0.29, 0.717) is 17.0 Å². The van der Waals surface area contributed by atoms with Gasteiger partial charge in [-0.3, -0.25) is 9.59 Å². The number of hydrogen-bond donors (Lipinski definition) is 2. The molecule has 7 nitrogen and oxygen atoms in total. The Morgan fingerprint density at radius 2 is 1.58 bits per heavy atom. The van der Waals surface area contributed by atoms with Gasteiger partial charge in [0.2, 0.25) is 0 Å². The highest BCUT2D eigenvalue weighted by Crippen LogP contribution is 2.31. The molecule has 0 unspecified atom stereocenters. The maximum Gasteiger partial charge on any atom is 0.435 e. The van der Waals surface area contributed by atoms with Crippen LogP contribution in [0, 0.1) is 0 Å². The first-order valence-corrected chi connectivity index (χ1v) is 10.2. The number of hydrogen-bond acceptors (Lipinski definition) is 4. The number of benzene rings is 2. The van der Waals surface area contributed by atoms with Crippen LogP contribution in [0.4, 0.5) is 13.2 Å². The van der Waals surface area contributed by atoms with E-state index in [9.17, 15) is 22.8 Å². The van der Waals surface area contributed by atoms with E-state index in [0.717, 1.165) is 10.9 Å². The zero-order chi connectivity index (χ0) is 24.0. The molecule has 0 atom stereocenters. The molecular weight excluding hydrogens is 437 g/mol. The summed E-state index contributed by atoms with van der Waals surface area (Å²) in [5, 5.41) is 8.54. The van der Waals surface area contributed by atoms with Gasteiger partial charge in [-0.2, -0.15) is 18.3 Å². The fourth-order valence-electron chi connectivity index (χ4n) is 2.97. The van der Waals surface area contributed by atoms with Crippen molar-refractivity contribution in [2.45, 2.75) is 26.1 Å². The van der Waals surface area contributed by atoms with E-state index in [2.05, 4.69) is 15.7 Å². The minimum absolute atomic E-state index is 0.00551. The number of amides is 2. The fraction of sp³-hybridized carbons (Fsp3) is 0.261. The van der Waals surface area contributed by atoms with E-state index in [-0.39, 0.29) is 25.1 Å². The first-order chi connectivity index (χ1) is 15.6. The second-order valence-electron chi connectivity index (χ2n) is 7.37. The lowest BCUT2D eigenvalue weighted by molar-refractivity contribution is -0.141. The predicted molar refractivity (Wildman–Crippen MR) is 115 cm³/mol. The van der Waals surface area contributed by atoms with E-state index < -0.39 is 23.3 Å². The summed E-state index contributed by atoms with van der Waals surface area (Å²) < 4.78 is 46.7. The van der Waals surface area contributed by atoms with Gasteiger partial charge in [0.05, 0.1) is 17.4 Å². The van der Waals surface area contributed by atoms with Gasteiger partial charge in [0, 0.05) is 24.8 Å². The third-order valence-corrected chi connectivity index (χ3v) is 4.43. The smallest absolute Gasteiger partial charge is 0.435 e. The van der Waals surface area contributed by atoms with Crippen LogP contribution in [0.1, 0.15) is 40.3 Å². The number of alkyl halides is 3. The van der Waals surface area contributed by atoms with Gasteiger partial charge in [-0.25, -0.2) is 4.68 Å². The molecule has 2 aromatic carbocycles. The number of para-hydroxylation sites is 1. The topological polar surface area (TPSA) is 85.3 Å². The molecule has 0 spiro atoms. The molecule has 0 aliphatic heterocycles. The van der Waals surface area contributed by atoms with Crippen LogP contribution in [-0.4, -0.2) is 40.8 Å². The molecule has 1 heterocycles. The predicted octanol–water partition coefficient (Wildman–Crippen LogP) is 3.84. The summed E-state index contributed by atoms with van der Waals surface area (Å²) in [6, 6.07) is 14.7. The molecule has 3 rings (SSSR count). The number of carbonyl (C=O) groups is 2. The van der Waals surface area contributed by atoms with Crippen molar-refractivity contribution in [3.05, 3.63) is 77.6 Å². The molecular formula is C23H23F3N4O3. The van der Waals surface area contributed by atoms with Gasteiger partial charge in [0.15, 0.2) is 5.69 Å². The lowest BCUT2D eigenvalue weighted by Gasteiger charge is -2.10.